The third-order valence-corrected chi connectivity index (χ3v) is 12.7. The van der Waals surface area contributed by atoms with Crippen molar-refractivity contribution < 1.29 is 0 Å². The summed E-state index contributed by atoms with van der Waals surface area (Å²) < 4.78 is 2.65. The number of hydrogen-bond acceptors (Lipinski definition) is 2. The molecule has 1 aromatic heterocycles. The zero-order valence-electron chi connectivity index (χ0n) is 33.0. The molecule has 0 aliphatic carbocycles. The van der Waals surface area contributed by atoms with E-state index >= 15 is 0 Å². The smallest absolute Gasteiger partial charge is 0.0540 e. The fourth-order valence-corrected chi connectivity index (χ4v) is 9.78. The van der Waals surface area contributed by atoms with E-state index in [0.717, 1.165) is 17.1 Å². The van der Waals surface area contributed by atoms with Gasteiger partial charge in [0.15, 0.2) is 0 Å². The average Bonchev–Trinajstić information content (AvgIpc) is 3.66. The van der Waals surface area contributed by atoms with Crippen LogP contribution in [0.25, 0.3) is 75.5 Å². The summed E-state index contributed by atoms with van der Waals surface area (Å²) in [5.41, 5.74) is 14.3. The lowest BCUT2D eigenvalue weighted by atomic mass is 9.84. The molecule has 0 unspecified atom stereocenters. The summed E-state index contributed by atoms with van der Waals surface area (Å²) in [6, 6.07) is 75.7. The summed E-state index contributed by atoms with van der Waals surface area (Å²) >= 11 is 1.88. The van der Waals surface area contributed by atoms with Crippen molar-refractivity contribution in [3.05, 3.63) is 212 Å². The summed E-state index contributed by atoms with van der Waals surface area (Å²) in [7, 11) is 0. The van der Waals surface area contributed by atoms with Crippen LogP contribution in [0.1, 0.15) is 26.3 Å². The summed E-state index contributed by atoms with van der Waals surface area (Å²) in [4.78, 5) is 2.48. The van der Waals surface area contributed by atoms with E-state index in [-0.39, 0.29) is 5.41 Å². The highest BCUT2D eigenvalue weighted by Crippen LogP contribution is 2.48. The molecular weight excluding hydrogens is 719 g/mol. The number of rotatable bonds is 7. The molecule has 10 rings (SSSR count). The standard InChI is InChI=1S/C56H43NS/c1-56(2,3)42-33-36-52(50(37-42)39-19-8-5-9-20-39)57(43-34-31-40(32-35-43)45-26-16-28-49-47-24-11-13-30-53(47)58-55(45)49)51-29-12-10-23-46(51)48-27-15-22-41-21-14-25-44(54(41)48)38-17-6-4-7-18-38/h4-37H,1-3H3. The van der Waals surface area contributed by atoms with Crippen LogP contribution in [0, 0.1) is 0 Å². The molecule has 0 amide bonds. The molecule has 0 saturated heterocycles. The first-order chi connectivity index (χ1) is 28.4. The van der Waals surface area contributed by atoms with Gasteiger partial charge in [0.25, 0.3) is 0 Å². The second-order valence-electron chi connectivity index (χ2n) is 16.1. The Hall–Kier alpha value is -6.74. The highest BCUT2D eigenvalue weighted by molar-refractivity contribution is 7.26. The maximum atomic E-state index is 2.48. The molecule has 9 aromatic carbocycles. The van der Waals surface area contributed by atoms with Gasteiger partial charge in [-0.05, 0) is 91.5 Å². The first-order valence-corrected chi connectivity index (χ1v) is 20.9. The third-order valence-electron chi connectivity index (χ3n) is 11.5. The van der Waals surface area contributed by atoms with Crippen LogP contribution in [0.3, 0.4) is 0 Å². The fourth-order valence-electron chi connectivity index (χ4n) is 8.54. The molecule has 0 bridgehead atoms. The van der Waals surface area contributed by atoms with Crippen molar-refractivity contribution in [3.63, 3.8) is 0 Å². The minimum Gasteiger partial charge on any atom is -0.309 e. The molecular formula is C56H43NS. The molecule has 0 N–H and O–H groups in total. The van der Waals surface area contributed by atoms with Crippen molar-refractivity contribution in [3.8, 4) is 44.5 Å². The van der Waals surface area contributed by atoms with Crippen molar-refractivity contribution in [2.75, 3.05) is 4.90 Å². The van der Waals surface area contributed by atoms with Crippen molar-refractivity contribution in [2.24, 2.45) is 0 Å². The van der Waals surface area contributed by atoms with Gasteiger partial charge in [-0.3, -0.25) is 0 Å². The molecule has 1 heterocycles. The maximum absolute atomic E-state index is 2.48. The fraction of sp³-hybridized carbons (Fsp3) is 0.0714. The Labute approximate surface area is 345 Å². The van der Waals surface area contributed by atoms with Crippen LogP contribution >= 0.6 is 11.3 Å². The monoisotopic (exact) mass is 761 g/mol. The van der Waals surface area contributed by atoms with Gasteiger partial charge in [0, 0.05) is 37.0 Å². The number of hydrogen-bond donors (Lipinski definition) is 0. The molecule has 58 heavy (non-hydrogen) atoms. The number of nitrogens with zero attached hydrogens (tertiary/aromatic N) is 1. The SMILES string of the molecule is CC(C)(C)c1ccc(N(c2ccc(-c3cccc4c3sc3ccccc34)cc2)c2ccccc2-c2cccc3cccc(-c4ccccc4)c23)c(-c2ccccc2)c1. The van der Waals surface area contributed by atoms with Gasteiger partial charge in [-0.2, -0.15) is 0 Å². The quantitative estimate of drug-likeness (QED) is 0.156. The second-order valence-corrected chi connectivity index (χ2v) is 17.2. The third kappa shape index (κ3) is 6.36. The molecule has 0 aliphatic rings. The molecule has 1 nitrogen and oxygen atoms in total. The first kappa shape index (κ1) is 35.7. The van der Waals surface area contributed by atoms with Crippen molar-refractivity contribution in [1.82, 2.24) is 0 Å². The van der Waals surface area contributed by atoms with Crippen LogP contribution in [0.2, 0.25) is 0 Å². The van der Waals surface area contributed by atoms with Gasteiger partial charge in [0.05, 0.1) is 11.4 Å². The van der Waals surface area contributed by atoms with Gasteiger partial charge in [-0.25, -0.2) is 0 Å². The van der Waals surface area contributed by atoms with E-state index in [0.29, 0.717) is 0 Å². The van der Waals surface area contributed by atoms with E-state index in [1.165, 1.54) is 81.0 Å². The van der Waals surface area contributed by atoms with Gasteiger partial charge in [-0.1, -0.05) is 191 Å². The molecule has 2 heteroatoms. The topological polar surface area (TPSA) is 3.24 Å². The Morgan fingerprint density at radius 3 is 1.69 bits per heavy atom. The maximum Gasteiger partial charge on any atom is 0.0540 e. The van der Waals surface area contributed by atoms with Crippen LogP contribution in [0.5, 0.6) is 0 Å². The van der Waals surface area contributed by atoms with E-state index < -0.39 is 0 Å². The highest BCUT2D eigenvalue weighted by Gasteiger charge is 2.24. The molecule has 0 aliphatic heterocycles. The molecule has 0 radical (unpaired) electrons. The van der Waals surface area contributed by atoms with E-state index in [1.54, 1.807) is 0 Å². The van der Waals surface area contributed by atoms with E-state index in [1.807, 2.05) is 11.3 Å². The zero-order valence-corrected chi connectivity index (χ0v) is 33.8. The van der Waals surface area contributed by atoms with E-state index in [2.05, 4.69) is 232 Å². The predicted molar refractivity (Wildman–Crippen MR) is 252 cm³/mol. The largest absolute Gasteiger partial charge is 0.309 e. The first-order valence-electron chi connectivity index (χ1n) is 20.1. The van der Waals surface area contributed by atoms with Gasteiger partial charge < -0.3 is 4.90 Å². The predicted octanol–water partition coefficient (Wildman–Crippen LogP) is 16.6. The summed E-state index contributed by atoms with van der Waals surface area (Å²) in [5.74, 6) is 0. The molecule has 10 aromatic rings. The molecule has 0 spiro atoms. The number of para-hydroxylation sites is 1. The minimum absolute atomic E-state index is 0.0170. The molecule has 0 atom stereocenters. The number of thiophene rings is 1. The van der Waals surface area contributed by atoms with Gasteiger partial charge in [0.2, 0.25) is 0 Å². The second kappa shape index (κ2) is 14.6. The summed E-state index contributed by atoms with van der Waals surface area (Å²) in [6.07, 6.45) is 0. The van der Waals surface area contributed by atoms with E-state index in [9.17, 15) is 0 Å². The lowest BCUT2D eigenvalue weighted by Crippen LogP contribution is -2.15. The Morgan fingerprint density at radius 2 is 0.948 bits per heavy atom. The number of fused-ring (bicyclic) bond motifs is 4. The normalized spacial score (nSPS) is 11.7. The van der Waals surface area contributed by atoms with Gasteiger partial charge in [-0.15, -0.1) is 11.3 Å². The van der Waals surface area contributed by atoms with Crippen LogP contribution in [-0.4, -0.2) is 0 Å². The van der Waals surface area contributed by atoms with Crippen LogP contribution in [-0.2, 0) is 5.41 Å². The van der Waals surface area contributed by atoms with Crippen molar-refractivity contribution >= 4 is 59.3 Å². The molecule has 278 valence electrons. The van der Waals surface area contributed by atoms with Crippen LogP contribution < -0.4 is 4.90 Å². The number of anilines is 3. The van der Waals surface area contributed by atoms with Gasteiger partial charge >= 0.3 is 0 Å². The molecule has 0 saturated carbocycles. The van der Waals surface area contributed by atoms with Crippen LogP contribution in [0.15, 0.2) is 206 Å². The Kier molecular flexibility index (Phi) is 9.00. The van der Waals surface area contributed by atoms with Gasteiger partial charge in [0.1, 0.15) is 0 Å². The number of benzene rings is 9. The lowest BCUT2D eigenvalue weighted by Gasteiger charge is -2.31. The Balaban J connectivity index is 1.21. The molecule has 0 fully saturated rings. The summed E-state index contributed by atoms with van der Waals surface area (Å²) in [5, 5.41) is 5.11. The lowest BCUT2D eigenvalue weighted by molar-refractivity contribution is 0.590. The Bertz CT molecular complexity index is 3070. The summed E-state index contributed by atoms with van der Waals surface area (Å²) in [6.45, 7) is 6.89. The van der Waals surface area contributed by atoms with Crippen molar-refractivity contribution in [1.29, 1.82) is 0 Å². The minimum atomic E-state index is -0.0170. The zero-order chi connectivity index (χ0) is 39.2. The Morgan fingerprint density at radius 1 is 0.397 bits per heavy atom. The van der Waals surface area contributed by atoms with Crippen LogP contribution in [0.4, 0.5) is 17.1 Å². The average molecular weight is 762 g/mol. The van der Waals surface area contributed by atoms with E-state index in [4.69, 9.17) is 0 Å². The van der Waals surface area contributed by atoms with Crippen molar-refractivity contribution in [2.45, 2.75) is 26.2 Å². The highest BCUT2D eigenvalue weighted by atomic mass is 32.1.